The molecule has 0 radical (unpaired) electrons. The Hall–Kier alpha value is -1.76. The lowest BCUT2D eigenvalue weighted by Gasteiger charge is -2.34. The van der Waals surface area contributed by atoms with Gasteiger partial charge in [-0.1, -0.05) is 29.8 Å². The topological polar surface area (TPSA) is 58.6 Å². The Labute approximate surface area is 152 Å². The predicted molar refractivity (Wildman–Crippen MR) is 98.7 cm³/mol. The first-order chi connectivity index (χ1) is 11.9. The molecule has 2 heterocycles. The number of hydrogen-bond acceptors (Lipinski definition) is 5. The third-order valence-electron chi connectivity index (χ3n) is 4.73. The van der Waals surface area contributed by atoms with E-state index in [1.54, 1.807) is 0 Å². The van der Waals surface area contributed by atoms with Crippen LogP contribution in [0.3, 0.4) is 0 Å². The molecule has 3 atom stereocenters. The predicted octanol–water partition coefficient (Wildman–Crippen LogP) is 2.83. The number of halogens is 1. The number of nitrogens with zero attached hydrogens (tertiary/aromatic N) is 1. The van der Waals surface area contributed by atoms with Crippen LogP contribution in [0.4, 0.5) is 5.69 Å². The molecule has 0 spiro atoms. The fourth-order valence-electron chi connectivity index (χ4n) is 3.62. The number of hydrazine groups is 1. The molecule has 2 aliphatic rings. The molecule has 0 aromatic heterocycles. The van der Waals surface area contributed by atoms with E-state index >= 15 is 0 Å². The molecule has 2 aromatic rings. The zero-order chi connectivity index (χ0) is 17.6. The Kier molecular flexibility index (Phi) is 4.14. The van der Waals surface area contributed by atoms with Crippen LogP contribution in [0, 0.1) is 5.92 Å². The van der Waals surface area contributed by atoms with Crippen LogP contribution in [-0.2, 0) is 9.84 Å². The highest BCUT2D eigenvalue weighted by Crippen LogP contribution is 2.43. The molecule has 2 aromatic carbocycles. The second kappa shape index (κ2) is 6.20. The van der Waals surface area contributed by atoms with Gasteiger partial charge in [0, 0.05) is 29.3 Å². The summed E-state index contributed by atoms with van der Waals surface area (Å²) in [5.41, 5.74) is 5.57. The summed E-state index contributed by atoms with van der Waals surface area (Å²) in [5.74, 6) is 0.807. The van der Waals surface area contributed by atoms with E-state index in [9.17, 15) is 8.42 Å². The second-order valence-electron chi connectivity index (χ2n) is 6.64. The van der Waals surface area contributed by atoms with E-state index in [-0.39, 0.29) is 23.8 Å². The van der Waals surface area contributed by atoms with Gasteiger partial charge in [0.25, 0.3) is 0 Å². The van der Waals surface area contributed by atoms with Gasteiger partial charge < -0.3 is 9.75 Å². The summed E-state index contributed by atoms with van der Waals surface area (Å²) in [5, 5.41) is 2.73. The van der Waals surface area contributed by atoms with Gasteiger partial charge in [-0.05, 0) is 30.3 Å². The van der Waals surface area contributed by atoms with Crippen LogP contribution in [0.15, 0.2) is 48.5 Å². The molecule has 7 heteroatoms. The van der Waals surface area contributed by atoms with Gasteiger partial charge in [0.05, 0.1) is 17.5 Å². The van der Waals surface area contributed by atoms with Crippen molar-refractivity contribution < 1.29 is 13.2 Å². The maximum atomic E-state index is 11.9. The van der Waals surface area contributed by atoms with E-state index < -0.39 is 9.84 Å². The molecule has 0 amide bonds. The number of benzene rings is 2. The van der Waals surface area contributed by atoms with Crippen LogP contribution in [0.25, 0.3) is 0 Å². The van der Waals surface area contributed by atoms with Crippen molar-refractivity contribution >= 4 is 27.1 Å². The van der Waals surface area contributed by atoms with Gasteiger partial charge in [-0.25, -0.2) is 13.8 Å². The van der Waals surface area contributed by atoms with Gasteiger partial charge in [-0.15, -0.1) is 0 Å². The maximum absolute atomic E-state index is 11.9. The fraction of sp³-hybridized carbons (Fsp3) is 0.333. The fourth-order valence-corrected chi connectivity index (χ4v) is 4.66. The van der Waals surface area contributed by atoms with Crippen molar-refractivity contribution in [3.05, 3.63) is 59.1 Å². The lowest BCUT2D eigenvalue weighted by Crippen LogP contribution is -2.41. The number of para-hydroxylation sites is 1. The van der Waals surface area contributed by atoms with Gasteiger partial charge in [0.1, 0.15) is 11.9 Å². The summed E-state index contributed by atoms with van der Waals surface area (Å²) in [6.45, 7) is 0.667. The van der Waals surface area contributed by atoms with Gasteiger partial charge in [0.2, 0.25) is 0 Å². The number of hydrogen-bond donors (Lipinski definition) is 1. The molecule has 5 nitrogen and oxygen atoms in total. The van der Waals surface area contributed by atoms with E-state index in [1.807, 2.05) is 53.5 Å². The standard InChI is InChI=1S/C18H19ClN2O3S/c1-25(22,23)11-17-15-10-21(13-8-6-12(19)7-9-13)20-18(15)14-4-2-3-5-16(14)24-17/h2-9,15,17-18,20H,10-11H2,1H3. The molecular weight excluding hydrogens is 360 g/mol. The zero-order valence-electron chi connectivity index (χ0n) is 13.7. The maximum Gasteiger partial charge on any atom is 0.151 e. The van der Waals surface area contributed by atoms with Gasteiger partial charge in [0.15, 0.2) is 9.84 Å². The molecule has 4 rings (SSSR count). The Bertz CT molecular complexity index is 885. The summed E-state index contributed by atoms with van der Waals surface area (Å²) in [7, 11) is -3.14. The molecule has 0 bridgehead atoms. The third kappa shape index (κ3) is 3.34. The zero-order valence-corrected chi connectivity index (χ0v) is 15.3. The molecule has 2 aliphatic heterocycles. The average molecular weight is 379 g/mol. The van der Waals surface area contributed by atoms with Crippen LogP contribution in [-0.4, -0.2) is 33.1 Å². The normalized spacial score (nSPS) is 25.2. The first-order valence-corrected chi connectivity index (χ1v) is 10.6. The smallest absolute Gasteiger partial charge is 0.151 e. The number of rotatable bonds is 3. The molecule has 1 fully saturated rings. The molecule has 0 aliphatic carbocycles. The van der Waals surface area contributed by atoms with Crippen LogP contribution in [0.2, 0.25) is 5.02 Å². The largest absolute Gasteiger partial charge is 0.489 e. The third-order valence-corrected chi connectivity index (χ3v) is 5.92. The summed E-state index contributed by atoms with van der Waals surface area (Å²) in [6, 6.07) is 15.4. The summed E-state index contributed by atoms with van der Waals surface area (Å²) >= 11 is 5.98. The highest BCUT2D eigenvalue weighted by atomic mass is 35.5. The van der Waals surface area contributed by atoms with Crippen molar-refractivity contribution in [2.45, 2.75) is 12.1 Å². The Morgan fingerprint density at radius 3 is 2.64 bits per heavy atom. The first kappa shape index (κ1) is 16.7. The molecule has 25 heavy (non-hydrogen) atoms. The molecule has 132 valence electrons. The minimum absolute atomic E-state index is 0.0125. The second-order valence-corrected chi connectivity index (χ2v) is 9.27. The Balaban J connectivity index is 1.68. The monoisotopic (exact) mass is 378 g/mol. The Morgan fingerprint density at radius 1 is 1.20 bits per heavy atom. The van der Waals surface area contributed by atoms with Gasteiger partial charge in [-0.2, -0.15) is 0 Å². The van der Waals surface area contributed by atoms with Crippen molar-refractivity contribution in [3.8, 4) is 5.75 Å². The van der Waals surface area contributed by atoms with E-state index in [0.717, 1.165) is 17.0 Å². The number of nitrogens with one attached hydrogen (secondary N) is 1. The van der Waals surface area contributed by atoms with Crippen molar-refractivity contribution in [2.24, 2.45) is 5.92 Å². The van der Waals surface area contributed by atoms with Crippen LogP contribution >= 0.6 is 11.6 Å². The van der Waals surface area contributed by atoms with E-state index in [2.05, 4.69) is 5.43 Å². The van der Waals surface area contributed by atoms with Crippen molar-refractivity contribution in [1.82, 2.24) is 5.43 Å². The van der Waals surface area contributed by atoms with E-state index in [1.165, 1.54) is 6.26 Å². The number of fused-ring (bicyclic) bond motifs is 3. The molecule has 1 saturated heterocycles. The van der Waals surface area contributed by atoms with E-state index in [4.69, 9.17) is 16.3 Å². The Morgan fingerprint density at radius 2 is 1.92 bits per heavy atom. The highest BCUT2D eigenvalue weighted by Gasteiger charge is 2.45. The molecule has 1 N–H and O–H groups in total. The van der Waals surface area contributed by atoms with Crippen LogP contribution < -0.4 is 15.2 Å². The minimum Gasteiger partial charge on any atom is -0.489 e. The summed E-state index contributed by atoms with van der Waals surface area (Å²) in [4.78, 5) is 0. The van der Waals surface area contributed by atoms with Crippen LogP contribution in [0.5, 0.6) is 5.75 Å². The number of anilines is 1. The quantitative estimate of drug-likeness (QED) is 0.890. The number of ether oxygens (including phenoxy) is 1. The SMILES string of the molecule is CS(=O)(=O)CC1Oc2ccccc2C2NN(c3ccc(Cl)cc3)CC12. The average Bonchev–Trinajstić information content (AvgIpc) is 3.00. The van der Waals surface area contributed by atoms with Crippen molar-refractivity contribution in [2.75, 3.05) is 23.6 Å². The molecule has 3 unspecified atom stereocenters. The lowest BCUT2D eigenvalue weighted by atomic mass is 9.88. The molecule has 0 saturated carbocycles. The molecular formula is C18H19ClN2O3S. The minimum atomic E-state index is -3.14. The summed E-state index contributed by atoms with van der Waals surface area (Å²) in [6.07, 6.45) is 0.880. The number of sulfone groups is 1. The van der Waals surface area contributed by atoms with Gasteiger partial charge in [-0.3, -0.25) is 0 Å². The first-order valence-electron chi connectivity index (χ1n) is 8.13. The van der Waals surface area contributed by atoms with Crippen molar-refractivity contribution in [1.29, 1.82) is 0 Å². The van der Waals surface area contributed by atoms with Gasteiger partial charge >= 0.3 is 0 Å². The van der Waals surface area contributed by atoms with Crippen molar-refractivity contribution in [3.63, 3.8) is 0 Å². The van der Waals surface area contributed by atoms with Crippen LogP contribution in [0.1, 0.15) is 11.6 Å². The highest BCUT2D eigenvalue weighted by molar-refractivity contribution is 7.90. The van der Waals surface area contributed by atoms with E-state index in [0.29, 0.717) is 11.6 Å². The lowest BCUT2D eigenvalue weighted by molar-refractivity contribution is 0.126. The summed E-state index contributed by atoms with van der Waals surface area (Å²) < 4.78 is 29.8.